The fourth-order valence-corrected chi connectivity index (χ4v) is 2.45. The van der Waals surface area contributed by atoms with Gasteiger partial charge in [-0.2, -0.15) is 0 Å². The number of nitrogens with two attached hydrogens (primary N) is 1. The van der Waals surface area contributed by atoms with Gasteiger partial charge in [0.2, 0.25) is 5.89 Å². The second-order valence-corrected chi connectivity index (χ2v) is 5.18. The maximum atomic E-state index is 5.79. The van der Waals surface area contributed by atoms with Gasteiger partial charge < -0.3 is 10.2 Å². The van der Waals surface area contributed by atoms with Crippen molar-refractivity contribution < 1.29 is 4.42 Å². The molecule has 0 unspecified atom stereocenters. The summed E-state index contributed by atoms with van der Waals surface area (Å²) in [7, 11) is 0. The molecule has 2 N–H and O–H groups in total. The number of oxazole rings is 1. The van der Waals surface area contributed by atoms with Gasteiger partial charge in [0.25, 0.3) is 0 Å². The molecule has 0 atom stereocenters. The SMILES string of the molecule is Cc1cnc(-c2nc(N)cnc2-c2ccc3ncccc3c2)o1. The molecule has 6 nitrogen and oxygen atoms in total. The van der Waals surface area contributed by atoms with Gasteiger partial charge >= 0.3 is 0 Å². The molecule has 3 heterocycles. The predicted octanol–water partition coefficient (Wildman–Crippen LogP) is 3.24. The van der Waals surface area contributed by atoms with E-state index in [4.69, 9.17) is 10.2 Å². The molecule has 23 heavy (non-hydrogen) atoms. The summed E-state index contributed by atoms with van der Waals surface area (Å²) in [6.07, 6.45) is 4.95. The summed E-state index contributed by atoms with van der Waals surface area (Å²) in [4.78, 5) is 17.4. The summed E-state index contributed by atoms with van der Waals surface area (Å²) in [5.41, 5.74) is 8.82. The van der Waals surface area contributed by atoms with E-state index >= 15 is 0 Å². The maximum Gasteiger partial charge on any atom is 0.247 e. The van der Waals surface area contributed by atoms with Crippen LogP contribution in [0.1, 0.15) is 5.76 Å². The van der Waals surface area contributed by atoms with Crippen LogP contribution in [0, 0.1) is 6.92 Å². The van der Waals surface area contributed by atoms with Gasteiger partial charge in [0.1, 0.15) is 17.3 Å². The molecule has 0 fully saturated rings. The van der Waals surface area contributed by atoms with Crippen LogP contribution in [0.4, 0.5) is 5.82 Å². The highest BCUT2D eigenvalue weighted by molar-refractivity contribution is 5.86. The summed E-state index contributed by atoms with van der Waals surface area (Å²) < 4.78 is 5.59. The summed E-state index contributed by atoms with van der Waals surface area (Å²) in [5.74, 6) is 1.43. The molecule has 0 amide bonds. The summed E-state index contributed by atoms with van der Waals surface area (Å²) in [6, 6.07) is 9.83. The van der Waals surface area contributed by atoms with E-state index in [1.165, 1.54) is 6.20 Å². The molecule has 0 aliphatic rings. The van der Waals surface area contributed by atoms with Crippen LogP contribution in [0.3, 0.4) is 0 Å². The first-order chi connectivity index (χ1) is 11.2. The van der Waals surface area contributed by atoms with Crippen LogP contribution < -0.4 is 5.73 Å². The number of hydrogen-bond acceptors (Lipinski definition) is 6. The van der Waals surface area contributed by atoms with Gasteiger partial charge in [-0.15, -0.1) is 0 Å². The molecule has 0 aliphatic carbocycles. The highest BCUT2D eigenvalue weighted by Gasteiger charge is 2.16. The Balaban J connectivity index is 1.93. The zero-order valence-electron chi connectivity index (χ0n) is 12.4. The zero-order valence-corrected chi connectivity index (χ0v) is 12.4. The van der Waals surface area contributed by atoms with Crippen molar-refractivity contribution in [2.24, 2.45) is 0 Å². The van der Waals surface area contributed by atoms with Gasteiger partial charge in [0, 0.05) is 17.1 Å². The van der Waals surface area contributed by atoms with Gasteiger partial charge in [-0.05, 0) is 25.1 Å². The Morgan fingerprint density at radius 2 is 1.91 bits per heavy atom. The Labute approximate surface area is 132 Å². The smallest absolute Gasteiger partial charge is 0.247 e. The van der Waals surface area contributed by atoms with Crippen molar-refractivity contribution in [2.75, 3.05) is 5.73 Å². The first-order valence-electron chi connectivity index (χ1n) is 7.11. The van der Waals surface area contributed by atoms with Gasteiger partial charge in [-0.1, -0.05) is 12.1 Å². The van der Waals surface area contributed by atoms with Crippen LogP contribution in [-0.4, -0.2) is 19.9 Å². The lowest BCUT2D eigenvalue weighted by Gasteiger charge is -2.07. The number of benzene rings is 1. The normalized spacial score (nSPS) is 11.0. The maximum absolute atomic E-state index is 5.79. The van der Waals surface area contributed by atoms with Crippen LogP contribution in [0.15, 0.2) is 53.3 Å². The second kappa shape index (κ2) is 5.17. The van der Waals surface area contributed by atoms with Crippen LogP contribution in [0.5, 0.6) is 0 Å². The molecular formula is C17H13N5O. The molecular weight excluding hydrogens is 290 g/mol. The molecule has 0 saturated carbocycles. The van der Waals surface area contributed by atoms with Gasteiger partial charge in [0.15, 0.2) is 5.69 Å². The number of aryl methyl sites for hydroxylation is 1. The van der Waals surface area contributed by atoms with Crippen molar-refractivity contribution in [2.45, 2.75) is 6.92 Å². The molecule has 3 aromatic heterocycles. The number of hydrogen-bond donors (Lipinski definition) is 1. The third kappa shape index (κ3) is 2.40. The van der Waals surface area contributed by atoms with Gasteiger partial charge in [-0.25, -0.2) is 15.0 Å². The monoisotopic (exact) mass is 303 g/mol. The van der Waals surface area contributed by atoms with E-state index in [1.807, 2.05) is 37.3 Å². The highest BCUT2D eigenvalue weighted by Crippen LogP contribution is 2.30. The third-order valence-electron chi connectivity index (χ3n) is 3.49. The Morgan fingerprint density at radius 3 is 2.74 bits per heavy atom. The summed E-state index contributed by atoms with van der Waals surface area (Å²) in [6.45, 7) is 1.83. The highest BCUT2D eigenvalue weighted by atomic mass is 16.4. The number of anilines is 1. The minimum absolute atomic E-state index is 0.321. The number of nitrogen functional groups attached to an aromatic ring is 1. The molecule has 1 aromatic carbocycles. The van der Waals surface area contributed by atoms with E-state index in [0.29, 0.717) is 28.9 Å². The topological polar surface area (TPSA) is 90.7 Å². The van der Waals surface area contributed by atoms with Gasteiger partial charge in [-0.3, -0.25) is 4.98 Å². The van der Waals surface area contributed by atoms with Crippen LogP contribution >= 0.6 is 0 Å². The standard InChI is InChI=1S/C17H13N5O/c1-10-8-21-17(23-10)16-15(20-9-14(18)22-16)12-4-5-13-11(7-12)3-2-6-19-13/h2-9H,1H3,(H2,18,22). The first-order valence-corrected chi connectivity index (χ1v) is 7.11. The van der Waals surface area contributed by atoms with Crippen LogP contribution in [-0.2, 0) is 0 Å². The third-order valence-corrected chi connectivity index (χ3v) is 3.49. The van der Waals surface area contributed by atoms with Crippen molar-refractivity contribution in [1.82, 2.24) is 19.9 Å². The fraction of sp³-hybridized carbons (Fsp3) is 0.0588. The van der Waals surface area contributed by atoms with Crippen LogP contribution in [0.2, 0.25) is 0 Å². The number of fused-ring (bicyclic) bond motifs is 1. The lowest BCUT2D eigenvalue weighted by molar-refractivity contribution is 0.540. The van der Waals surface area contributed by atoms with Crippen LogP contribution in [0.25, 0.3) is 33.7 Å². The van der Waals surface area contributed by atoms with E-state index in [-0.39, 0.29) is 0 Å². The largest absolute Gasteiger partial charge is 0.440 e. The molecule has 6 heteroatoms. The molecule has 4 rings (SSSR count). The Hall–Kier alpha value is -3.28. The van der Waals surface area contributed by atoms with E-state index < -0.39 is 0 Å². The summed E-state index contributed by atoms with van der Waals surface area (Å²) in [5, 5.41) is 1.03. The molecule has 112 valence electrons. The van der Waals surface area contributed by atoms with Gasteiger partial charge in [0.05, 0.1) is 17.9 Å². The molecule has 0 aliphatic heterocycles. The van der Waals surface area contributed by atoms with Crippen molar-refractivity contribution in [3.63, 3.8) is 0 Å². The molecule has 0 spiro atoms. The van der Waals surface area contributed by atoms with Crippen molar-refractivity contribution in [3.05, 3.63) is 54.7 Å². The van der Waals surface area contributed by atoms with Crippen molar-refractivity contribution in [3.8, 4) is 22.8 Å². The molecule has 0 saturated heterocycles. The molecule has 4 aromatic rings. The van der Waals surface area contributed by atoms with E-state index in [1.54, 1.807) is 12.4 Å². The predicted molar refractivity (Wildman–Crippen MR) is 87.4 cm³/mol. The first kappa shape index (κ1) is 13.4. The fourth-order valence-electron chi connectivity index (χ4n) is 2.45. The molecule has 0 bridgehead atoms. The van der Waals surface area contributed by atoms with Crippen molar-refractivity contribution in [1.29, 1.82) is 0 Å². The number of nitrogens with zero attached hydrogens (tertiary/aromatic N) is 4. The quantitative estimate of drug-likeness (QED) is 0.611. The Morgan fingerprint density at radius 1 is 1.00 bits per heavy atom. The lowest BCUT2D eigenvalue weighted by Crippen LogP contribution is -1.98. The number of aromatic nitrogens is 4. The molecule has 0 radical (unpaired) electrons. The summed E-state index contributed by atoms with van der Waals surface area (Å²) >= 11 is 0. The lowest BCUT2D eigenvalue weighted by atomic mass is 10.1. The zero-order chi connectivity index (χ0) is 15.8. The minimum Gasteiger partial charge on any atom is -0.440 e. The van der Waals surface area contributed by atoms with Crippen molar-refractivity contribution >= 4 is 16.7 Å². The Kier molecular flexibility index (Phi) is 3.01. The Bertz CT molecular complexity index is 1010. The van der Waals surface area contributed by atoms with E-state index in [2.05, 4.69) is 19.9 Å². The van der Waals surface area contributed by atoms with E-state index in [0.717, 1.165) is 16.5 Å². The second-order valence-electron chi connectivity index (χ2n) is 5.18. The average molecular weight is 303 g/mol. The number of pyridine rings is 1. The average Bonchev–Trinajstić information content (AvgIpc) is 3.01. The van der Waals surface area contributed by atoms with E-state index in [9.17, 15) is 0 Å². The number of rotatable bonds is 2. The minimum atomic E-state index is 0.321.